The monoisotopic (exact) mass is 656 g/mol. The lowest BCUT2D eigenvalue weighted by molar-refractivity contribution is -0.116. The first-order chi connectivity index (χ1) is 20.7. The van der Waals surface area contributed by atoms with Gasteiger partial charge in [0, 0.05) is 40.4 Å². The summed E-state index contributed by atoms with van der Waals surface area (Å²) in [6, 6.07) is 31.2. The summed E-state index contributed by atoms with van der Waals surface area (Å²) < 4.78 is 0.810. The minimum atomic E-state index is -0.471. The van der Waals surface area contributed by atoms with Gasteiger partial charge < -0.3 is 20.9 Å². The molecule has 0 fully saturated rings. The molecule has 0 aliphatic carbocycles. The minimum Gasteiger partial charge on any atom is -0.378 e. The van der Waals surface area contributed by atoms with E-state index in [4.69, 9.17) is 0 Å². The molecule has 0 spiro atoms. The maximum absolute atomic E-state index is 13.5. The van der Waals surface area contributed by atoms with E-state index in [1.807, 2.05) is 98.7 Å². The van der Waals surface area contributed by atoms with Crippen LogP contribution in [0.3, 0.4) is 0 Å². The predicted octanol–water partition coefficient (Wildman–Crippen LogP) is 7.43. The Hall–Kier alpha value is -4.34. The average Bonchev–Trinajstić information content (AvgIpc) is 3.01. The van der Waals surface area contributed by atoms with E-state index in [1.165, 1.54) is 11.8 Å². The van der Waals surface area contributed by atoms with Crippen molar-refractivity contribution in [3.8, 4) is 0 Å². The molecule has 3 amide bonds. The normalized spacial score (nSPS) is 11.8. The molecule has 0 aromatic heterocycles. The van der Waals surface area contributed by atoms with Crippen LogP contribution in [0.4, 0.5) is 17.1 Å². The lowest BCUT2D eigenvalue weighted by Gasteiger charge is -2.16. The van der Waals surface area contributed by atoms with E-state index < -0.39 is 11.8 Å². The van der Waals surface area contributed by atoms with Crippen molar-refractivity contribution >= 4 is 68.6 Å². The van der Waals surface area contributed by atoms with Gasteiger partial charge in [-0.15, -0.1) is 11.8 Å². The molecule has 0 bridgehead atoms. The van der Waals surface area contributed by atoms with Crippen LogP contribution in [0.2, 0.25) is 0 Å². The molecule has 0 saturated heterocycles. The second kappa shape index (κ2) is 15.2. The number of rotatable bonds is 11. The molecule has 4 rings (SSSR count). The van der Waals surface area contributed by atoms with Gasteiger partial charge in [-0.2, -0.15) is 0 Å². The number of anilines is 3. The number of carbonyl (C=O) groups excluding carboxylic acids is 3. The van der Waals surface area contributed by atoms with Crippen LogP contribution in [0.25, 0.3) is 6.08 Å². The summed E-state index contributed by atoms with van der Waals surface area (Å²) in [5.41, 5.74) is 3.56. The first-order valence-electron chi connectivity index (χ1n) is 13.7. The number of halogens is 1. The Morgan fingerprint density at radius 3 is 2.23 bits per heavy atom. The molecule has 0 heterocycles. The quantitative estimate of drug-likeness (QED) is 0.115. The fourth-order valence-corrected chi connectivity index (χ4v) is 5.48. The van der Waals surface area contributed by atoms with Gasteiger partial charge in [0.05, 0.1) is 10.9 Å². The maximum Gasteiger partial charge on any atom is 0.272 e. The Balaban J connectivity index is 1.51. The Morgan fingerprint density at radius 2 is 1.56 bits per heavy atom. The largest absolute Gasteiger partial charge is 0.378 e. The fraction of sp³-hybridized carbons (Fsp3) is 0.147. The van der Waals surface area contributed by atoms with Crippen molar-refractivity contribution in [3.05, 3.63) is 124 Å². The van der Waals surface area contributed by atoms with E-state index >= 15 is 0 Å². The Bertz CT molecular complexity index is 1610. The highest BCUT2D eigenvalue weighted by Gasteiger charge is 2.20. The molecule has 9 heteroatoms. The summed E-state index contributed by atoms with van der Waals surface area (Å²) in [5.74, 6) is -0.970. The molecule has 43 heavy (non-hydrogen) atoms. The molecule has 0 radical (unpaired) electrons. The lowest BCUT2D eigenvalue weighted by atomic mass is 10.1. The zero-order valence-corrected chi connectivity index (χ0v) is 26.5. The van der Waals surface area contributed by atoms with Gasteiger partial charge >= 0.3 is 0 Å². The summed E-state index contributed by atoms with van der Waals surface area (Å²) in [6.45, 7) is 1.96. The van der Waals surface area contributed by atoms with Gasteiger partial charge in [0.2, 0.25) is 5.91 Å². The summed E-state index contributed by atoms with van der Waals surface area (Å²) in [4.78, 5) is 42.3. The molecule has 1 unspecified atom stereocenters. The van der Waals surface area contributed by atoms with Gasteiger partial charge in [-0.1, -0.05) is 55.5 Å². The number of benzene rings is 4. The maximum atomic E-state index is 13.5. The van der Waals surface area contributed by atoms with Crippen LogP contribution in [0.5, 0.6) is 0 Å². The average molecular weight is 658 g/mol. The molecular weight excluding hydrogens is 624 g/mol. The van der Waals surface area contributed by atoms with Crippen LogP contribution >= 0.6 is 27.7 Å². The molecule has 0 saturated carbocycles. The number of para-hydroxylation sites is 1. The van der Waals surface area contributed by atoms with E-state index in [-0.39, 0.29) is 16.9 Å². The number of amides is 3. The van der Waals surface area contributed by atoms with Gasteiger partial charge in [-0.25, -0.2) is 0 Å². The number of thioether (sulfide) groups is 1. The minimum absolute atomic E-state index is 0.101. The van der Waals surface area contributed by atoms with Crippen molar-refractivity contribution in [3.63, 3.8) is 0 Å². The number of nitrogens with one attached hydrogen (secondary N) is 3. The standard InChI is InChI=1S/C34H33BrN4O3S/c1-4-31(34(42)37-29-16-9-8-15-28(29)35)43-27-14-10-13-25(22-27)36-33(41)30(38-32(40)24-11-6-5-7-12-24)21-23-17-19-26(20-18-23)39(2)3/h5-22,31H,4H2,1-3H3,(H,36,41)(H,37,42)(H,38,40)/b30-21+. The van der Waals surface area contributed by atoms with Crippen molar-refractivity contribution in [2.75, 3.05) is 29.6 Å². The molecule has 4 aromatic carbocycles. The molecule has 4 aromatic rings. The molecule has 1 atom stereocenters. The zero-order chi connectivity index (χ0) is 30.8. The highest BCUT2D eigenvalue weighted by atomic mass is 79.9. The first-order valence-corrected chi connectivity index (χ1v) is 15.4. The lowest BCUT2D eigenvalue weighted by Crippen LogP contribution is -2.30. The van der Waals surface area contributed by atoms with E-state index in [0.717, 1.165) is 20.6 Å². The third-order valence-electron chi connectivity index (χ3n) is 6.41. The van der Waals surface area contributed by atoms with E-state index in [1.54, 1.807) is 36.4 Å². The number of hydrogen-bond acceptors (Lipinski definition) is 5. The van der Waals surface area contributed by atoms with Crippen LogP contribution in [-0.4, -0.2) is 37.1 Å². The molecule has 7 nitrogen and oxygen atoms in total. The van der Waals surface area contributed by atoms with Gasteiger partial charge in [0.25, 0.3) is 11.8 Å². The fourth-order valence-electron chi connectivity index (χ4n) is 4.09. The molecule has 0 aliphatic heterocycles. The zero-order valence-electron chi connectivity index (χ0n) is 24.1. The summed E-state index contributed by atoms with van der Waals surface area (Å²) >= 11 is 4.89. The topological polar surface area (TPSA) is 90.5 Å². The van der Waals surface area contributed by atoms with Gasteiger partial charge in [0.15, 0.2) is 0 Å². The molecule has 220 valence electrons. The van der Waals surface area contributed by atoms with E-state index in [2.05, 4.69) is 31.9 Å². The second-order valence-corrected chi connectivity index (χ2v) is 12.0. The summed E-state index contributed by atoms with van der Waals surface area (Å²) in [5, 5.41) is 8.32. The van der Waals surface area contributed by atoms with Crippen LogP contribution in [-0.2, 0) is 9.59 Å². The van der Waals surface area contributed by atoms with Crippen LogP contribution in [0.15, 0.2) is 118 Å². The number of hydrogen-bond donors (Lipinski definition) is 3. The number of carbonyl (C=O) groups is 3. The Labute approximate surface area is 264 Å². The highest BCUT2D eigenvalue weighted by molar-refractivity contribution is 9.10. The Morgan fingerprint density at radius 1 is 0.860 bits per heavy atom. The molecule has 0 aliphatic rings. The highest BCUT2D eigenvalue weighted by Crippen LogP contribution is 2.30. The van der Waals surface area contributed by atoms with Gasteiger partial charge in [-0.3, -0.25) is 14.4 Å². The van der Waals surface area contributed by atoms with Crippen molar-refractivity contribution in [1.29, 1.82) is 0 Å². The van der Waals surface area contributed by atoms with Crippen molar-refractivity contribution in [2.45, 2.75) is 23.5 Å². The van der Waals surface area contributed by atoms with Crippen LogP contribution in [0, 0.1) is 0 Å². The van der Waals surface area contributed by atoms with E-state index in [9.17, 15) is 14.4 Å². The SMILES string of the molecule is CCC(Sc1cccc(NC(=O)/C(=C\c2ccc(N(C)C)cc2)NC(=O)c2ccccc2)c1)C(=O)Nc1ccccc1Br. The molecule has 3 N–H and O–H groups in total. The smallest absolute Gasteiger partial charge is 0.272 e. The van der Waals surface area contributed by atoms with Crippen molar-refractivity contribution in [2.24, 2.45) is 0 Å². The second-order valence-electron chi connectivity index (χ2n) is 9.83. The first kappa shape index (κ1) is 31.6. The van der Waals surface area contributed by atoms with Crippen molar-refractivity contribution < 1.29 is 14.4 Å². The third-order valence-corrected chi connectivity index (χ3v) is 8.46. The van der Waals surface area contributed by atoms with Crippen molar-refractivity contribution in [1.82, 2.24) is 5.32 Å². The number of nitrogens with zero attached hydrogens (tertiary/aromatic N) is 1. The molecular formula is C34H33BrN4O3S. The van der Waals surface area contributed by atoms with Gasteiger partial charge in [0.1, 0.15) is 5.70 Å². The van der Waals surface area contributed by atoms with Crippen LogP contribution < -0.4 is 20.9 Å². The Kier molecular flexibility index (Phi) is 11.2. The third kappa shape index (κ3) is 9.07. The van der Waals surface area contributed by atoms with Gasteiger partial charge in [-0.05, 0) is 88.6 Å². The van der Waals surface area contributed by atoms with E-state index in [0.29, 0.717) is 23.4 Å². The predicted molar refractivity (Wildman–Crippen MR) is 180 cm³/mol. The van der Waals surface area contributed by atoms with Crippen LogP contribution in [0.1, 0.15) is 29.3 Å². The summed E-state index contributed by atoms with van der Waals surface area (Å²) in [6.07, 6.45) is 2.26. The summed E-state index contributed by atoms with van der Waals surface area (Å²) in [7, 11) is 3.90.